The Kier molecular flexibility index (Phi) is 4.31. The van der Waals surface area contributed by atoms with Gasteiger partial charge in [0.15, 0.2) is 0 Å². The Morgan fingerprint density at radius 3 is 2.58 bits per heavy atom. The lowest BCUT2D eigenvalue weighted by Crippen LogP contribution is -2.09. The van der Waals surface area contributed by atoms with Gasteiger partial charge in [-0.25, -0.2) is 4.79 Å². The lowest BCUT2D eigenvalue weighted by molar-refractivity contribution is -0.385. The molecule has 0 radical (unpaired) electrons. The Morgan fingerprint density at radius 2 is 2.16 bits per heavy atom. The largest absolute Gasteiger partial charge is 0.465 e. The SMILES string of the molecule is COC(=O)c1cc(OC(F)F)cc([N+](=O)[O-])c1C#N. The molecule has 0 saturated carbocycles. The van der Waals surface area contributed by atoms with Crippen molar-refractivity contribution in [3.8, 4) is 11.8 Å². The van der Waals surface area contributed by atoms with Gasteiger partial charge in [-0.05, 0) is 6.07 Å². The van der Waals surface area contributed by atoms with Crippen molar-refractivity contribution in [3.63, 3.8) is 0 Å². The van der Waals surface area contributed by atoms with Crippen LogP contribution in [-0.2, 0) is 4.74 Å². The van der Waals surface area contributed by atoms with Crippen molar-refractivity contribution in [1.82, 2.24) is 0 Å². The first-order valence-electron chi connectivity index (χ1n) is 4.66. The number of methoxy groups -OCH3 is 1. The zero-order valence-electron chi connectivity index (χ0n) is 9.42. The summed E-state index contributed by atoms with van der Waals surface area (Å²) in [6.07, 6.45) is 0. The molecule has 0 aliphatic carbocycles. The molecule has 0 atom stereocenters. The minimum atomic E-state index is -3.22. The summed E-state index contributed by atoms with van der Waals surface area (Å²) in [6, 6.07) is 2.87. The van der Waals surface area contributed by atoms with Crippen molar-refractivity contribution in [2.75, 3.05) is 7.11 Å². The Hall–Kier alpha value is -2.76. The predicted octanol–water partition coefficient (Wildman–Crippen LogP) is 1.85. The van der Waals surface area contributed by atoms with Gasteiger partial charge in [0.25, 0.3) is 5.69 Å². The third kappa shape index (κ3) is 3.12. The Labute approximate surface area is 105 Å². The molecule has 0 heterocycles. The number of nitro groups is 1. The van der Waals surface area contributed by atoms with Gasteiger partial charge >= 0.3 is 12.6 Å². The lowest BCUT2D eigenvalue weighted by atomic mass is 10.1. The summed E-state index contributed by atoms with van der Waals surface area (Å²) in [5.41, 5.74) is -1.92. The van der Waals surface area contributed by atoms with E-state index in [4.69, 9.17) is 5.26 Å². The smallest absolute Gasteiger partial charge is 0.387 e. The van der Waals surface area contributed by atoms with Crippen LogP contribution in [0.25, 0.3) is 0 Å². The maximum atomic E-state index is 12.1. The van der Waals surface area contributed by atoms with Crippen LogP contribution in [0.5, 0.6) is 5.75 Å². The molecule has 0 aromatic heterocycles. The van der Waals surface area contributed by atoms with Crippen molar-refractivity contribution < 1.29 is 28.0 Å². The number of nitro benzene ring substituents is 1. The minimum Gasteiger partial charge on any atom is -0.465 e. The summed E-state index contributed by atoms with van der Waals surface area (Å²) in [5.74, 6) is -1.68. The predicted molar refractivity (Wildman–Crippen MR) is 55.8 cm³/mol. The number of nitriles is 1. The van der Waals surface area contributed by atoms with Crippen molar-refractivity contribution in [2.24, 2.45) is 0 Å². The van der Waals surface area contributed by atoms with Gasteiger partial charge in [0, 0.05) is 0 Å². The maximum absolute atomic E-state index is 12.1. The average Bonchev–Trinajstić information content (AvgIpc) is 2.35. The third-order valence-electron chi connectivity index (χ3n) is 2.03. The molecule has 9 heteroatoms. The highest BCUT2D eigenvalue weighted by atomic mass is 19.3. The topological polar surface area (TPSA) is 102 Å². The Bertz CT molecular complexity index is 568. The molecule has 0 aliphatic heterocycles. The fraction of sp³-hybridized carbons (Fsp3) is 0.200. The van der Waals surface area contributed by atoms with Gasteiger partial charge in [-0.3, -0.25) is 10.1 Å². The van der Waals surface area contributed by atoms with E-state index in [2.05, 4.69) is 9.47 Å². The number of benzene rings is 1. The molecular formula is C10H6F2N2O5. The molecule has 0 amide bonds. The molecule has 0 unspecified atom stereocenters. The number of nitrogens with zero attached hydrogens (tertiary/aromatic N) is 2. The van der Waals surface area contributed by atoms with Crippen LogP contribution >= 0.6 is 0 Å². The number of carbonyl (C=O) groups excluding carboxylic acids is 1. The van der Waals surface area contributed by atoms with Gasteiger partial charge in [-0.1, -0.05) is 0 Å². The highest BCUT2D eigenvalue weighted by molar-refractivity contribution is 5.94. The van der Waals surface area contributed by atoms with Crippen LogP contribution in [0.3, 0.4) is 0 Å². The van der Waals surface area contributed by atoms with Crippen molar-refractivity contribution in [3.05, 3.63) is 33.4 Å². The van der Waals surface area contributed by atoms with Gasteiger partial charge in [-0.15, -0.1) is 0 Å². The molecular weight excluding hydrogens is 266 g/mol. The second-order valence-electron chi connectivity index (χ2n) is 3.10. The molecule has 1 aromatic carbocycles. The number of esters is 1. The highest BCUT2D eigenvalue weighted by Crippen LogP contribution is 2.29. The molecule has 19 heavy (non-hydrogen) atoms. The molecule has 1 aromatic rings. The van der Waals surface area contributed by atoms with Gasteiger partial charge in [0.2, 0.25) is 0 Å². The second kappa shape index (κ2) is 5.72. The van der Waals surface area contributed by atoms with E-state index in [1.165, 1.54) is 6.07 Å². The maximum Gasteiger partial charge on any atom is 0.387 e. The number of halogens is 2. The first kappa shape index (κ1) is 14.3. The van der Waals surface area contributed by atoms with Crippen molar-refractivity contribution >= 4 is 11.7 Å². The van der Waals surface area contributed by atoms with E-state index in [1.54, 1.807) is 0 Å². The first-order valence-corrected chi connectivity index (χ1v) is 4.66. The summed E-state index contributed by atoms with van der Waals surface area (Å²) >= 11 is 0. The quantitative estimate of drug-likeness (QED) is 0.470. The van der Waals surface area contributed by atoms with E-state index >= 15 is 0 Å². The normalized spacial score (nSPS) is 9.84. The van der Waals surface area contributed by atoms with E-state index < -0.39 is 40.1 Å². The van der Waals surface area contributed by atoms with E-state index in [0.717, 1.165) is 13.2 Å². The van der Waals surface area contributed by atoms with Gasteiger partial charge in [0.1, 0.15) is 17.4 Å². The zero-order valence-corrected chi connectivity index (χ0v) is 9.42. The van der Waals surface area contributed by atoms with E-state index in [0.29, 0.717) is 6.07 Å². The van der Waals surface area contributed by atoms with Gasteiger partial charge < -0.3 is 9.47 Å². The number of hydrogen-bond donors (Lipinski definition) is 0. The average molecular weight is 272 g/mol. The fourth-order valence-electron chi connectivity index (χ4n) is 1.30. The number of carbonyl (C=O) groups is 1. The van der Waals surface area contributed by atoms with Crippen LogP contribution in [0.4, 0.5) is 14.5 Å². The summed E-state index contributed by atoms with van der Waals surface area (Å²) < 4.78 is 32.5. The number of rotatable bonds is 4. The highest BCUT2D eigenvalue weighted by Gasteiger charge is 2.25. The van der Waals surface area contributed by atoms with E-state index in [9.17, 15) is 23.7 Å². The van der Waals surface area contributed by atoms with Crippen LogP contribution in [0.15, 0.2) is 12.1 Å². The van der Waals surface area contributed by atoms with Crippen molar-refractivity contribution in [1.29, 1.82) is 5.26 Å². The molecule has 0 bridgehead atoms. The fourth-order valence-corrected chi connectivity index (χ4v) is 1.30. The number of alkyl halides is 2. The molecule has 0 N–H and O–H groups in total. The van der Waals surface area contributed by atoms with Crippen molar-refractivity contribution in [2.45, 2.75) is 6.61 Å². The second-order valence-corrected chi connectivity index (χ2v) is 3.10. The molecule has 0 spiro atoms. The van der Waals surface area contributed by atoms with E-state index in [1.807, 2.05) is 0 Å². The monoisotopic (exact) mass is 272 g/mol. The lowest BCUT2D eigenvalue weighted by Gasteiger charge is -2.08. The molecule has 0 aliphatic rings. The minimum absolute atomic E-state index is 0.519. The van der Waals surface area contributed by atoms with Gasteiger partial charge in [0.05, 0.1) is 23.7 Å². The summed E-state index contributed by atoms with van der Waals surface area (Å²) in [7, 11) is 0.982. The summed E-state index contributed by atoms with van der Waals surface area (Å²) in [4.78, 5) is 21.1. The number of ether oxygens (including phenoxy) is 2. The van der Waals surface area contributed by atoms with E-state index in [-0.39, 0.29) is 0 Å². The van der Waals surface area contributed by atoms with Gasteiger partial charge in [-0.2, -0.15) is 14.0 Å². The molecule has 0 saturated heterocycles. The summed E-state index contributed by atoms with van der Waals surface area (Å²) in [5, 5.41) is 19.6. The Morgan fingerprint density at radius 1 is 1.53 bits per heavy atom. The van der Waals surface area contributed by atoms with Crippen LogP contribution < -0.4 is 4.74 Å². The number of hydrogen-bond acceptors (Lipinski definition) is 6. The molecule has 0 fully saturated rings. The van der Waals surface area contributed by atoms with Crippen LogP contribution in [0, 0.1) is 21.4 Å². The van der Waals surface area contributed by atoms with Crippen LogP contribution in [0.2, 0.25) is 0 Å². The standard InChI is InChI=1S/C10H6F2N2O5/c1-18-9(15)6-2-5(19-10(11)12)3-8(14(16)17)7(6)4-13/h2-3,10H,1H3. The molecule has 100 valence electrons. The third-order valence-corrected chi connectivity index (χ3v) is 2.03. The molecule has 1 rings (SSSR count). The molecule has 7 nitrogen and oxygen atoms in total. The van der Waals surface area contributed by atoms with Crippen LogP contribution in [-0.4, -0.2) is 24.6 Å². The Balaban J connectivity index is 3.50. The van der Waals surface area contributed by atoms with Crippen LogP contribution in [0.1, 0.15) is 15.9 Å². The zero-order chi connectivity index (χ0) is 14.6. The summed E-state index contributed by atoms with van der Waals surface area (Å²) in [6.45, 7) is -3.22. The first-order chi connectivity index (χ1) is 8.90.